The summed E-state index contributed by atoms with van der Waals surface area (Å²) in [6.07, 6.45) is 1.64. The van der Waals surface area contributed by atoms with Crippen LogP contribution in [-0.4, -0.2) is 81.4 Å². The number of methoxy groups -OCH3 is 1. The molecule has 3 aromatic rings. The molecule has 11 heteroatoms. The number of hydrogen-bond donors (Lipinski definition) is 1. The Kier molecular flexibility index (Phi) is 8.01. The zero-order chi connectivity index (χ0) is 26.7. The Bertz CT molecular complexity index is 1410. The number of carbonyl (C=O) groups excluding carboxylic acids is 1. The quantitative estimate of drug-likeness (QED) is 0.361. The summed E-state index contributed by atoms with van der Waals surface area (Å²) in [6, 6.07) is 14.2. The van der Waals surface area contributed by atoms with E-state index < -0.39 is 16.3 Å². The number of fused-ring (bicyclic) bond motifs is 1. The van der Waals surface area contributed by atoms with E-state index in [0.717, 1.165) is 10.9 Å². The normalized spacial score (nSPS) is 19.3. The van der Waals surface area contributed by atoms with Gasteiger partial charge in [-0.15, -0.1) is 11.3 Å². The van der Waals surface area contributed by atoms with Gasteiger partial charge in [0.05, 0.1) is 25.2 Å². The fourth-order valence-corrected chi connectivity index (χ4v) is 6.91. The predicted octanol–water partition coefficient (Wildman–Crippen LogP) is 3.17. The molecule has 1 amide bonds. The van der Waals surface area contributed by atoms with Crippen molar-refractivity contribution in [1.29, 1.82) is 0 Å². The number of nitrogens with zero attached hydrogens (tertiary/aromatic N) is 2. The molecule has 1 fully saturated rings. The Balaban J connectivity index is 1.30. The lowest BCUT2D eigenvalue weighted by Crippen LogP contribution is -2.37. The summed E-state index contributed by atoms with van der Waals surface area (Å²) >= 11 is 1.66. The fourth-order valence-electron chi connectivity index (χ4n) is 4.47. The standard InChI is InChI=1S/C27H30N2O7S2/c1-34-20-6-8-21(9-7-20)38(32,33)29(12-14-30)13-15-35-26-17-19(16-24(36-26)27(31)28-10-11-28)23-18-37-25-5-3-2-4-22(23)25/h2-9,16,18-19,26,30H,10-15,17H2,1H3/t19-,26+/m1/s1. The van der Waals surface area contributed by atoms with Gasteiger partial charge in [-0.1, -0.05) is 18.2 Å². The topological polar surface area (TPSA) is 105 Å². The average Bonchev–Trinajstić information content (AvgIpc) is 3.70. The van der Waals surface area contributed by atoms with Crippen molar-refractivity contribution >= 4 is 37.4 Å². The zero-order valence-electron chi connectivity index (χ0n) is 21.0. The molecule has 5 rings (SSSR count). The SMILES string of the molecule is COc1ccc(S(=O)(=O)N(CCO)CCO[C@@H]2C[C@H](c3csc4ccccc34)C=C(C(=O)N3CC3)O2)cc1. The Morgan fingerprint density at radius 1 is 1.16 bits per heavy atom. The van der Waals surface area contributed by atoms with Gasteiger partial charge >= 0.3 is 0 Å². The van der Waals surface area contributed by atoms with Crippen LogP contribution in [0.25, 0.3) is 10.1 Å². The van der Waals surface area contributed by atoms with Crippen LogP contribution in [0, 0.1) is 0 Å². The summed E-state index contributed by atoms with van der Waals surface area (Å²) < 4.78 is 45.8. The summed E-state index contributed by atoms with van der Waals surface area (Å²) in [5.41, 5.74) is 1.11. The molecule has 0 aliphatic carbocycles. The van der Waals surface area contributed by atoms with Crippen LogP contribution in [0.4, 0.5) is 0 Å². The molecular formula is C27H30N2O7S2. The Morgan fingerprint density at radius 2 is 1.92 bits per heavy atom. The third kappa shape index (κ3) is 5.71. The minimum absolute atomic E-state index is 0.0138. The van der Waals surface area contributed by atoms with Crippen LogP contribution >= 0.6 is 11.3 Å². The van der Waals surface area contributed by atoms with Crippen LogP contribution in [0.3, 0.4) is 0 Å². The third-order valence-corrected chi connectivity index (χ3v) is 9.50. The van der Waals surface area contributed by atoms with Crippen LogP contribution in [0.2, 0.25) is 0 Å². The largest absolute Gasteiger partial charge is 0.497 e. The van der Waals surface area contributed by atoms with Gasteiger partial charge in [0.1, 0.15) is 5.75 Å². The van der Waals surface area contributed by atoms with Crippen LogP contribution < -0.4 is 4.74 Å². The first-order valence-corrected chi connectivity index (χ1v) is 14.7. The molecular weight excluding hydrogens is 528 g/mol. The maximum absolute atomic E-state index is 13.2. The smallest absolute Gasteiger partial charge is 0.288 e. The molecule has 2 atom stereocenters. The summed E-state index contributed by atoms with van der Waals surface area (Å²) in [5, 5.41) is 12.8. The molecule has 2 aliphatic rings. The van der Waals surface area contributed by atoms with E-state index in [1.165, 1.54) is 28.2 Å². The number of aliphatic hydroxyl groups is 1. The van der Waals surface area contributed by atoms with E-state index in [2.05, 4.69) is 17.5 Å². The van der Waals surface area contributed by atoms with Gasteiger partial charge in [0.25, 0.3) is 5.91 Å². The number of hydrogen-bond acceptors (Lipinski definition) is 8. The van der Waals surface area contributed by atoms with Crippen LogP contribution in [-0.2, 0) is 24.3 Å². The minimum Gasteiger partial charge on any atom is -0.497 e. The number of thiophene rings is 1. The van der Waals surface area contributed by atoms with E-state index in [4.69, 9.17) is 14.2 Å². The van der Waals surface area contributed by atoms with Crippen molar-refractivity contribution in [3.05, 3.63) is 71.3 Å². The number of sulfonamides is 1. The zero-order valence-corrected chi connectivity index (χ0v) is 22.6. The third-order valence-electron chi connectivity index (χ3n) is 6.60. The highest BCUT2D eigenvalue weighted by molar-refractivity contribution is 7.89. The number of carbonyl (C=O) groups is 1. The second-order valence-corrected chi connectivity index (χ2v) is 11.9. The Labute approximate surface area is 225 Å². The van der Waals surface area contributed by atoms with Crippen molar-refractivity contribution in [3.8, 4) is 5.75 Å². The molecule has 1 N–H and O–H groups in total. The maximum Gasteiger partial charge on any atom is 0.288 e. The first-order chi connectivity index (χ1) is 18.4. The number of aliphatic hydroxyl groups excluding tert-OH is 1. The summed E-state index contributed by atoms with van der Waals surface area (Å²) in [4.78, 5) is 14.6. The van der Waals surface area contributed by atoms with E-state index >= 15 is 0 Å². The molecule has 2 aliphatic heterocycles. The molecule has 3 heterocycles. The Morgan fingerprint density at radius 3 is 2.63 bits per heavy atom. The van der Waals surface area contributed by atoms with Crippen molar-refractivity contribution < 1.29 is 32.5 Å². The van der Waals surface area contributed by atoms with Crippen molar-refractivity contribution in [2.75, 3.05) is 46.5 Å². The second kappa shape index (κ2) is 11.4. The van der Waals surface area contributed by atoms with Crippen LogP contribution in [0.15, 0.2) is 70.6 Å². The van der Waals surface area contributed by atoms with Gasteiger partial charge in [0.15, 0.2) is 5.76 Å². The average molecular weight is 559 g/mol. The van der Waals surface area contributed by atoms with E-state index in [1.807, 2.05) is 18.2 Å². The predicted molar refractivity (Wildman–Crippen MR) is 144 cm³/mol. The highest BCUT2D eigenvalue weighted by Crippen LogP contribution is 2.38. The van der Waals surface area contributed by atoms with Crippen LogP contribution in [0.1, 0.15) is 17.9 Å². The van der Waals surface area contributed by atoms with E-state index in [0.29, 0.717) is 25.3 Å². The van der Waals surface area contributed by atoms with E-state index in [1.54, 1.807) is 28.4 Å². The van der Waals surface area contributed by atoms with Gasteiger partial charge in [-0.25, -0.2) is 8.42 Å². The highest BCUT2D eigenvalue weighted by atomic mass is 32.2. The second-order valence-electron chi connectivity index (χ2n) is 9.07. The molecule has 0 radical (unpaired) electrons. The molecule has 0 unspecified atom stereocenters. The van der Waals surface area contributed by atoms with Gasteiger partial charge in [-0.2, -0.15) is 4.31 Å². The van der Waals surface area contributed by atoms with E-state index in [-0.39, 0.29) is 48.8 Å². The van der Waals surface area contributed by atoms with Crippen molar-refractivity contribution in [3.63, 3.8) is 0 Å². The summed E-state index contributed by atoms with van der Waals surface area (Å²) in [5.74, 6) is 0.564. The first-order valence-electron chi connectivity index (χ1n) is 12.4. The molecule has 2 aromatic carbocycles. The van der Waals surface area contributed by atoms with Crippen molar-refractivity contribution in [2.45, 2.75) is 23.5 Å². The van der Waals surface area contributed by atoms with Crippen molar-refractivity contribution in [2.24, 2.45) is 0 Å². The lowest BCUT2D eigenvalue weighted by atomic mass is 9.92. The molecule has 0 bridgehead atoms. The van der Waals surface area contributed by atoms with Gasteiger partial charge in [-0.3, -0.25) is 4.79 Å². The number of ether oxygens (including phenoxy) is 3. The molecule has 0 saturated carbocycles. The number of benzene rings is 2. The number of rotatable bonds is 11. The minimum atomic E-state index is -3.86. The van der Waals surface area contributed by atoms with Gasteiger partial charge < -0.3 is 24.2 Å². The van der Waals surface area contributed by atoms with Gasteiger partial charge in [0.2, 0.25) is 16.3 Å². The lowest BCUT2D eigenvalue weighted by Gasteiger charge is -2.30. The fraction of sp³-hybridized carbons (Fsp3) is 0.370. The monoisotopic (exact) mass is 558 g/mol. The maximum atomic E-state index is 13.2. The lowest BCUT2D eigenvalue weighted by molar-refractivity contribution is -0.149. The molecule has 9 nitrogen and oxygen atoms in total. The molecule has 1 aromatic heterocycles. The summed E-state index contributed by atoms with van der Waals surface area (Å²) in [6.45, 7) is 1.04. The molecule has 38 heavy (non-hydrogen) atoms. The number of allylic oxidation sites excluding steroid dienone is 1. The molecule has 1 saturated heterocycles. The number of amides is 1. The van der Waals surface area contributed by atoms with Gasteiger partial charge in [0, 0.05) is 43.2 Å². The van der Waals surface area contributed by atoms with Gasteiger partial charge in [-0.05, 0) is 52.7 Å². The van der Waals surface area contributed by atoms with E-state index in [9.17, 15) is 18.3 Å². The Hall–Kier alpha value is -2.96. The van der Waals surface area contributed by atoms with Crippen molar-refractivity contribution in [1.82, 2.24) is 9.21 Å². The molecule has 0 spiro atoms. The summed E-state index contributed by atoms with van der Waals surface area (Å²) in [7, 11) is -2.35. The van der Waals surface area contributed by atoms with Crippen LogP contribution in [0.5, 0.6) is 5.75 Å². The molecule has 202 valence electrons. The first kappa shape index (κ1) is 26.6. The highest BCUT2D eigenvalue weighted by Gasteiger charge is 2.35.